The van der Waals surface area contributed by atoms with E-state index in [4.69, 9.17) is 11.6 Å². The van der Waals surface area contributed by atoms with Gasteiger partial charge in [-0.2, -0.15) is 0 Å². The van der Waals surface area contributed by atoms with Gasteiger partial charge in [0.05, 0.1) is 0 Å². The molecule has 0 atom stereocenters. The monoisotopic (exact) mass is 480 g/mol. The van der Waals surface area contributed by atoms with E-state index >= 15 is 0 Å². The molecule has 0 aromatic heterocycles. The summed E-state index contributed by atoms with van der Waals surface area (Å²) in [6.45, 7) is 2.25. The first kappa shape index (κ1) is 24.9. The maximum Gasteiger partial charge on any atom is 0.145 e. The molecule has 4 rings (SSSR count). The molecule has 1 aliphatic carbocycles. The average Bonchev–Trinajstić information content (AvgIpc) is 2.87. The molecule has 3 aromatic carbocycles. The molecule has 0 spiro atoms. The van der Waals surface area contributed by atoms with Gasteiger partial charge in [-0.3, -0.25) is 0 Å². The van der Waals surface area contributed by atoms with Gasteiger partial charge in [-0.05, 0) is 103 Å². The molecule has 1 aliphatic rings. The molecule has 3 aromatic rings. The molecular weight excluding hydrogens is 446 g/mol. The molecule has 0 nitrogen and oxygen atoms in total. The molecule has 0 amide bonds. The summed E-state index contributed by atoms with van der Waals surface area (Å²) in [5, 5.41) is -0.450. The highest BCUT2D eigenvalue weighted by Crippen LogP contribution is 2.38. The van der Waals surface area contributed by atoms with Crippen LogP contribution in [-0.4, -0.2) is 0 Å². The van der Waals surface area contributed by atoms with E-state index in [2.05, 4.69) is 43.3 Å². The Hall–Kier alpha value is -2.19. The third-order valence-corrected chi connectivity index (χ3v) is 7.84. The fourth-order valence-corrected chi connectivity index (χ4v) is 5.39. The lowest BCUT2D eigenvalue weighted by Crippen LogP contribution is -2.14. The molecule has 0 N–H and O–H groups in total. The van der Waals surface area contributed by atoms with Gasteiger partial charge in [0.25, 0.3) is 0 Å². The zero-order chi connectivity index (χ0) is 23.9. The molecule has 0 saturated heterocycles. The van der Waals surface area contributed by atoms with Crippen molar-refractivity contribution in [1.82, 2.24) is 0 Å². The molecule has 0 radical (unpaired) electrons. The molecule has 0 unspecified atom stereocenters. The smallest absolute Gasteiger partial charge is 0.145 e. The Kier molecular flexibility index (Phi) is 8.78. The van der Waals surface area contributed by atoms with Gasteiger partial charge in [-0.25, -0.2) is 8.78 Å². The third-order valence-electron chi connectivity index (χ3n) is 7.48. The molecule has 34 heavy (non-hydrogen) atoms. The quantitative estimate of drug-likeness (QED) is 0.211. The number of hydrogen-bond acceptors (Lipinski definition) is 0. The van der Waals surface area contributed by atoms with Crippen LogP contribution in [0.15, 0.2) is 60.7 Å². The van der Waals surface area contributed by atoms with Crippen LogP contribution < -0.4 is 0 Å². The Balaban J connectivity index is 1.24. The predicted octanol–water partition coefficient (Wildman–Crippen LogP) is 9.92. The summed E-state index contributed by atoms with van der Waals surface area (Å²) < 4.78 is 27.5. The highest BCUT2D eigenvalue weighted by atomic mass is 35.5. The second-order valence-corrected chi connectivity index (χ2v) is 10.3. The van der Waals surface area contributed by atoms with Gasteiger partial charge in [-0.15, -0.1) is 0 Å². The molecule has 3 heteroatoms. The standard InChI is InChI=1S/C31H35ClF2/c1-2-3-4-5-22-8-14-25(15-9-22)26-16-10-23(11-17-26)6-7-24-12-18-27(19-13-24)28-20-29(33)31(32)30(34)21-28/h8-9,12-15,18-21,23,26H,2-7,10-11,16-17H2,1H3. The van der Waals surface area contributed by atoms with E-state index in [1.807, 2.05) is 12.1 Å². The number of aryl methyl sites for hydroxylation is 2. The first-order chi connectivity index (χ1) is 16.5. The van der Waals surface area contributed by atoms with E-state index < -0.39 is 16.7 Å². The molecule has 1 fully saturated rings. The molecule has 0 heterocycles. The van der Waals surface area contributed by atoms with Crippen molar-refractivity contribution in [3.05, 3.63) is 94.0 Å². The van der Waals surface area contributed by atoms with E-state index in [0.29, 0.717) is 11.5 Å². The van der Waals surface area contributed by atoms with Crippen molar-refractivity contribution in [3.63, 3.8) is 0 Å². The largest absolute Gasteiger partial charge is 0.205 e. The van der Waals surface area contributed by atoms with Crippen molar-refractivity contribution in [2.75, 3.05) is 0 Å². The topological polar surface area (TPSA) is 0 Å². The molecule has 1 saturated carbocycles. The zero-order valence-electron chi connectivity index (χ0n) is 20.1. The van der Waals surface area contributed by atoms with Crippen LogP contribution in [0.5, 0.6) is 0 Å². The predicted molar refractivity (Wildman–Crippen MR) is 139 cm³/mol. The van der Waals surface area contributed by atoms with E-state index in [1.165, 1.54) is 86.6 Å². The van der Waals surface area contributed by atoms with Crippen LogP contribution in [0.3, 0.4) is 0 Å². The lowest BCUT2D eigenvalue weighted by Gasteiger charge is -2.29. The Morgan fingerprint density at radius 1 is 0.735 bits per heavy atom. The second kappa shape index (κ2) is 12.0. The van der Waals surface area contributed by atoms with Crippen molar-refractivity contribution in [2.45, 2.75) is 77.0 Å². The number of benzene rings is 3. The maximum absolute atomic E-state index is 13.8. The van der Waals surface area contributed by atoms with Crippen molar-refractivity contribution in [3.8, 4) is 11.1 Å². The fraction of sp³-hybridized carbons (Fsp3) is 0.419. The minimum atomic E-state index is -0.723. The van der Waals surface area contributed by atoms with Gasteiger partial charge < -0.3 is 0 Å². The Labute approximate surface area is 208 Å². The van der Waals surface area contributed by atoms with E-state index in [1.54, 1.807) is 0 Å². The summed E-state index contributed by atoms with van der Waals surface area (Å²) in [5.41, 5.74) is 5.58. The molecule has 0 aliphatic heterocycles. The van der Waals surface area contributed by atoms with Crippen molar-refractivity contribution in [1.29, 1.82) is 0 Å². The normalized spacial score (nSPS) is 18.2. The van der Waals surface area contributed by atoms with Gasteiger partial charge in [-0.1, -0.05) is 79.9 Å². The van der Waals surface area contributed by atoms with Crippen LogP contribution in [0.4, 0.5) is 8.78 Å². The van der Waals surface area contributed by atoms with Crippen LogP contribution in [0.25, 0.3) is 11.1 Å². The summed E-state index contributed by atoms with van der Waals surface area (Å²) >= 11 is 5.60. The first-order valence-electron chi connectivity index (χ1n) is 12.9. The van der Waals surface area contributed by atoms with Crippen LogP contribution in [-0.2, 0) is 12.8 Å². The summed E-state index contributed by atoms with van der Waals surface area (Å²) in [4.78, 5) is 0. The lowest BCUT2D eigenvalue weighted by molar-refractivity contribution is 0.310. The lowest BCUT2D eigenvalue weighted by atomic mass is 9.76. The van der Waals surface area contributed by atoms with Gasteiger partial charge >= 0.3 is 0 Å². The van der Waals surface area contributed by atoms with Crippen molar-refractivity contribution in [2.24, 2.45) is 5.92 Å². The van der Waals surface area contributed by atoms with Gasteiger partial charge in [0.1, 0.15) is 16.7 Å². The minimum Gasteiger partial charge on any atom is -0.205 e. The molecule has 0 bridgehead atoms. The average molecular weight is 481 g/mol. The van der Waals surface area contributed by atoms with Gasteiger partial charge in [0, 0.05) is 0 Å². The summed E-state index contributed by atoms with van der Waals surface area (Å²) in [7, 11) is 0. The van der Waals surface area contributed by atoms with Crippen LogP contribution >= 0.6 is 11.6 Å². The minimum absolute atomic E-state index is 0.450. The number of rotatable bonds is 9. The Morgan fingerprint density at radius 3 is 1.94 bits per heavy atom. The van der Waals surface area contributed by atoms with Crippen LogP contribution in [0.1, 0.15) is 80.9 Å². The summed E-state index contributed by atoms with van der Waals surface area (Å²) in [5.74, 6) is 0.0441. The Bertz CT molecular complexity index is 1020. The first-order valence-corrected chi connectivity index (χ1v) is 13.2. The number of unbranched alkanes of at least 4 members (excludes halogenated alkanes) is 2. The zero-order valence-corrected chi connectivity index (χ0v) is 20.9. The SMILES string of the molecule is CCCCCc1ccc(C2CCC(CCc3ccc(-c4cc(F)c(Cl)c(F)c4)cc3)CC2)cc1. The van der Waals surface area contributed by atoms with Crippen LogP contribution in [0, 0.1) is 17.6 Å². The summed E-state index contributed by atoms with van der Waals surface area (Å²) in [6, 6.07) is 20.0. The van der Waals surface area contributed by atoms with Gasteiger partial charge in [0.15, 0.2) is 0 Å². The van der Waals surface area contributed by atoms with E-state index in [9.17, 15) is 8.78 Å². The van der Waals surface area contributed by atoms with E-state index in [-0.39, 0.29) is 0 Å². The number of halogens is 3. The van der Waals surface area contributed by atoms with Gasteiger partial charge in [0.2, 0.25) is 0 Å². The molecule has 180 valence electrons. The Morgan fingerprint density at radius 2 is 1.32 bits per heavy atom. The summed E-state index contributed by atoms with van der Waals surface area (Å²) in [6.07, 6.45) is 12.5. The van der Waals surface area contributed by atoms with Crippen molar-refractivity contribution < 1.29 is 8.78 Å². The molecular formula is C31H35ClF2. The highest BCUT2D eigenvalue weighted by molar-refractivity contribution is 6.31. The third kappa shape index (κ3) is 6.48. The maximum atomic E-state index is 13.8. The fourth-order valence-electron chi connectivity index (χ4n) is 5.28. The van der Waals surface area contributed by atoms with Crippen molar-refractivity contribution >= 4 is 11.6 Å². The van der Waals surface area contributed by atoms with E-state index in [0.717, 1.165) is 17.9 Å². The van der Waals surface area contributed by atoms with Crippen LogP contribution in [0.2, 0.25) is 5.02 Å². The second-order valence-electron chi connectivity index (χ2n) is 9.91. The highest BCUT2D eigenvalue weighted by Gasteiger charge is 2.22. The number of hydrogen-bond donors (Lipinski definition) is 0.